The molecule has 2 N–H and O–H groups in total. The predicted molar refractivity (Wildman–Crippen MR) is 143 cm³/mol. The molecule has 0 unspecified atom stereocenters. The van der Waals surface area contributed by atoms with Crippen molar-refractivity contribution in [3.63, 3.8) is 0 Å². The van der Waals surface area contributed by atoms with Crippen LogP contribution in [0.3, 0.4) is 0 Å². The Hall–Kier alpha value is -3.82. The topological polar surface area (TPSA) is 37.2 Å². The van der Waals surface area contributed by atoms with Gasteiger partial charge in [-0.05, 0) is 54.8 Å². The van der Waals surface area contributed by atoms with Crippen LogP contribution in [0.1, 0.15) is 11.1 Å². The largest absolute Gasteiger partial charge is 0.389 e. The zero-order valence-corrected chi connectivity index (χ0v) is 19.7. The van der Waals surface area contributed by atoms with E-state index in [9.17, 15) is 5.11 Å². The van der Waals surface area contributed by atoms with Crippen molar-refractivity contribution in [3.05, 3.63) is 114 Å². The zero-order valence-electron chi connectivity index (χ0n) is 19.7. The first kappa shape index (κ1) is 22.0. The van der Waals surface area contributed by atoms with Gasteiger partial charge in [0.1, 0.15) is 0 Å². The van der Waals surface area contributed by atoms with Gasteiger partial charge in [0.05, 0.1) is 18.3 Å². The van der Waals surface area contributed by atoms with Crippen molar-refractivity contribution in [2.45, 2.75) is 26.5 Å². The number of aromatic nitrogens is 1. The molecule has 5 rings (SSSR count). The summed E-state index contributed by atoms with van der Waals surface area (Å²) in [7, 11) is 0. The van der Waals surface area contributed by atoms with Gasteiger partial charge in [0.25, 0.3) is 0 Å². The van der Waals surface area contributed by atoms with Gasteiger partial charge in [-0.15, -0.1) is 0 Å². The van der Waals surface area contributed by atoms with Crippen molar-refractivity contribution < 1.29 is 5.11 Å². The number of aliphatic hydroxyl groups is 1. The number of hydrogen-bond acceptors (Lipinski definition) is 2. The van der Waals surface area contributed by atoms with E-state index in [0.717, 1.165) is 22.5 Å². The minimum absolute atomic E-state index is 0.476. The Morgan fingerprint density at radius 1 is 0.735 bits per heavy atom. The summed E-state index contributed by atoms with van der Waals surface area (Å²) >= 11 is 0. The van der Waals surface area contributed by atoms with E-state index in [2.05, 4.69) is 109 Å². The number of benzene rings is 4. The molecule has 0 fully saturated rings. The molecule has 0 aliphatic rings. The molecular weight excluding hydrogens is 416 g/mol. The summed E-state index contributed by atoms with van der Waals surface area (Å²) in [5.41, 5.74) is 9.27. The second-order valence-corrected chi connectivity index (χ2v) is 8.99. The molecule has 1 aromatic heterocycles. The first-order chi connectivity index (χ1) is 16.6. The highest BCUT2D eigenvalue weighted by Gasteiger charge is 2.21. The molecule has 1 atom stereocenters. The van der Waals surface area contributed by atoms with Crippen LogP contribution in [0.2, 0.25) is 0 Å². The van der Waals surface area contributed by atoms with Crippen molar-refractivity contribution in [3.8, 4) is 22.4 Å². The highest BCUT2D eigenvalue weighted by atomic mass is 16.3. The molecule has 34 heavy (non-hydrogen) atoms. The Morgan fingerprint density at radius 2 is 1.41 bits per heavy atom. The monoisotopic (exact) mass is 446 g/mol. The first-order valence-electron chi connectivity index (χ1n) is 11.8. The van der Waals surface area contributed by atoms with Crippen LogP contribution in [0, 0.1) is 13.8 Å². The third kappa shape index (κ3) is 4.48. The molecule has 0 aliphatic carbocycles. The van der Waals surface area contributed by atoms with Crippen molar-refractivity contribution >= 4 is 16.6 Å². The SMILES string of the molecule is Cc1cccc(NC[C@@H](O)Cn2c(-c3ccccc3)c(-c3ccccc3)c3cc(C)ccc32)c1. The van der Waals surface area contributed by atoms with Gasteiger partial charge in [-0.25, -0.2) is 0 Å². The average Bonchev–Trinajstić information content (AvgIpc) is 3.17. The molecular formula is C31H30N2O. The van der Waals surface area contributed by atoms with E-state index in [1.165, 1.54) is 27.6 Å². The lowest BCUT2D eigenvalue weighted by molar-refractivity contribution is 0.169. The summed E-state index contributed by atoms with van der Waals surface area (Å²) in [6.45, 7) is 5.18. The maximum Gasteiger partial charge on any atom is 0.0891 e. The zero-order chi connectivity index (χ0) is 23.5. The van der Waals surface area contributed by atoms with Crippen LogP contribution in [0.5, 0.6) is 0 Å². The summed E-state index contributed by atoms with van der Waals surface area (Å²) in [6, 6.07) is 35.9. The molecule has 1 heterocycles. The molecule has 0 amide bonds. The Morgan fingerprint density at radius 3 is 2.12 bits per heavy atom. The molecule has 5 aromatic rings. The van der Waals surface area contributed by atoms with Gasteiger partial charge in [-0.2, -0.15) is 0 Å². The molecule has 170 valence electrons. The number of anilines is 1. The van der Waals surface area contributed by atoms with Crippen molar-refractivity contribution in [2.24, 2.45) is 0 Å². The first-order valence-corrected chi connectivity index (χ1v) is 11.8. The van der Waals surface area contributed by atoms with E-state index in [4.69, 9.17) is 0 Å². The highest BCUT2D eigenvalue weighted by molar-refractivity contribution is 6.04. The minimum Gasteiger partial charge on any atom is -0.389 e. The van der Waals surface area contributed by atoms with E-state index in [1.807, 2.05) is 18.2 Å². The fourth-order valence-corrected chi connectivity index (χ4v) is 4.72. The maximum atomic E-state index is 11.1. The summed E-state index contributed by atoms with van der Waals surface area (Å²) in [5.74, 6) is 0. The van der Waals surface area contributed by atoms with E-state index in [1.54, 1.807) is 0 Å². The van der Waals surface area contributed by atoms with Crippen molar-refractivity contribution in [2.75, 3.05) is 11.9 Å². The third-order valence-corrected chi connectivity index (χ3v) is 6.28. The van der Waals surface area contributed by atoms with Crippen molar-refractivity contribution in [1.82, 2.24) is 4.57 Å². The fraction of sp³-hybridized carbons (Fsp3) is 0.161. The number of fused-ring (bicyclic) bond motifs is 1. The highest BCUT2D eigenvalue weighted by Crippen LogP contribution is 2.41. The Bertz CT molecular complexity index is 1400. The lowest BCUT2D eigenvalue weighted by atomic mass is 9.98. The Kier molecular flexibility index (Phi) is 6.20. The predicted octanol–water partition coefficient (Wildman–Crippen LogP) is 7.07. The van der Waals surface area contributed by atoms with Crippen molar-refractivity contribution in [1.29, 1.82) is 0 Å². The lowest BCUT2D eigenvalue weighted by Crippen LogP contribution is -2.25. The number of nitrogens with one attached hydrogen (secondary N) is 1. The van der Waals surface area contributed by atoms with Crippen LogP contribution in [0.15, 0.2) is 103 Å². The van der Waals surface area contributed by atoms with Crippen LogP contribution in [0.25, 0.3) is 33.3 Å². The smallest absolute Gasteiger partial charge is 0.0891 e. The molecule has 3 heteroatoms. The molecule has 0 aliphatic heterocycles. The normalized spacial score (nSPS) is 12.1. The van der Waals surface area contributed by atoms with E-state index >= 15 is 0 Å². The number of nitrogens with zero attached hydrogens (tertiary/aromatic N) is 1. The molecule has 0 radical (unpaired) electrons. The second kappa shape index (κ2) is 9.58. The van der Waals surface area contributed by atoms with Gasteiger partial charge < -0.3 is 15.0 Å². The van der Waals surface area contributed by atoms with Gasteiger partial charge in [-0.3, -0.25) is 0 Å². The number of hydrogen-bond donors (Lipinski definition) is 2. The fourth-order valence-electron chi connectivity index (χ4n) is 4.72. The summed E-state index contributed by atoms with van der Waals surface area (Å²) in [6.07, 6.45) is -0.552. The minimum atomic E-state index is -0.552. The van der Waals surface area contributed by atoms with Gasteiger partial charge in [0, 0.05) is 28.7 Å². The van der Waals surface area contributed by atoms with Gasteiger partial charge >= 0.3 is 0 Å². The van der Waals surface area contributed by atoms with Crippen LogP contribution in [-0.4, -0.2) is 22.3 Å². The quantitative estimate of drug-likeness (QED) is 0.281. The molecule has 0 bridgehead atoms. The molecule has 3 nitrogen and oxygen atoms in total. The molecule has 0 spiro atoms. The summed E-state index contributed by atoms with van der Waals surface area (Å²) < 4.78 is 2.29. The Labute approximate surface area is 201 Å². The molecule has 0 saturated carbocycles. The molecule has 0 saturated heterocycles. The van der Waals surface area contributed by atoms with Gasteiger partial charge in [-0.1, -0.05) is 84.4 Å². The number of aryl methyl sites for hydroxylation is 2. The van der Waals surface area contributed by atoms with E-state index in [0.29, 0.717) is 13.1 Å². The maximum absolute atomic E-state index is 11.1. The third-order valence-electron chi connectivity index (χ3n) is 6.28. The van der Waals surface area contributed by atoms with Crippen LogP contribution in [0.4, 0.5) is 5.69 Å². The van der Waals surface area contributed by atoms with E-state index in [-0.39, 0.29) is 0 Å². The number of aliphatic hydroxyl groups excluding tert-OH is 1. The lowest BCUT2D eigenvalue weighted by Gasteiger charge is -2.18. The summed E-state index contributed by atoms with van der Waals surface area (Å²) in [5, 5.41) is 15.7. The average molecular weight is 447 g/mol. The van der Waals surface area contributed by atoms with Crippen LogP contribution >= 0.6 is 0 Å². The Balaban J connectivity index is 1.60. The van der Waals surface area contributed by atoms with Gasteiger partial charge in [0.15, 0.2) is 0 Å². The summed E-state index contributed by atoms with van der Waals surface area (Å²) in [4.78, 5) is 0. The standard InChI is InChI=1S/C31H30N2O/c1-22-10-9-15-26(18-22)32-20-27(34)21-33-29-17-16-23(2)19-28(29)30(24-11-5-3-6-12-24)31(33)25-13-7-4-8-14-25/h3-19,27,32,34H,20-21H2,1-2H3/t27-/m1/s1. The van der Waals surface area contributed by atoms with Gasteiger partial charge in [0.2, 0.25) is 0 Å². The van der Waals surface area contributed by atoms with E-state index < -0.39 is 6.10 Å². The molecule has 4 aromatic carbocycles. The number of rotatable bonds is 7. The van der Waals surface area contributed by atoms with Crippen LogP contribution in [-0.2, 0) is 6.54 Å². The second-order valence-electron chi connectivity index (χ2n) is 8.99. The van der Waals surface area contributed by atoms with Crippen LogP contribution < -0.4 is 5.32 Å².